The van der Waals surface area contributed by atoms with Crippen LogP contribution < -0.4 is 9.66 Å². The first kappa shape index (κ1) is 23.1. The number of carboxylic acid groups (broad SMARTS) is 2. The molecule has 0 atom stereocenters. The van der Waals surface area contributed by atoms with E-state index >= 15 is 0 Å². The molecule has 0 unspecified atom stereocenters. The van der Waals surface area contributed by atoms with Gasteiger partial charge in [-0.2, -0.15) is 0 Å². The van der Waals surface area contributed by atoms with Crippen LogP contribution in [-0.4, -0.2) is 62.3 Å². The van der Waals surface area contributed by atoms with E-state index in [1.807, 2.05) is 9.66 Å². The molecular weight excluding hydrogens is 440 g/mol. The Bertz CT molecular complexity index is 1000. The van der Waals surface area contributed by atoms with Gasteiger partial charge in [-0.25, -0.2) is 36.4 Å². The molecule has 0 fully saturated rings. The summed E-state index contributed by atoms with van der Waals surface area (Å²) in [5.74, 6) is 0. The second kappa shape index (κ2) is 9.53. The van der Waals surface area contributed by atoms with Crippen LogP contribution in [0, 0.1) is 0 Å². The molecule has 0 aliphatic heterocycles. The molecule has 14 heteroatoms. The van der Waals surface area contributed by atoms with E-state index in [9.17, 15) is 36.6 Å². The average Bonchev–Trinajstić information content (AvgIpc) is 2.71. The van der Waals surface area contributed by atoms with E-state index in [1.165, 1.54) is 48.5 Å². The van der Waals surface area contributed by atoms with Crippen molar-refractivity contribution in [2.75, 3.05) is 13.1 Å². The number of amides is 2. The average molecular weight is 458 g/mol. The van der Waals surface area contributed by atoms with Crippen LogP contribution in [-0.2, 0) is 20.0 Å². The number of hydrogen-bond acceptors (Lipinski definition) is 6. The molecular formula is C16H18N4O8S2. The highest BCUT2D eigenvalue weighted by molar-refractivity contribution is 7.89. The lowest BCUT2D eigenvalue weighted by Crippen LogP contribution is -2.52. The number of rotatable bonds is 9. The normalized spacial score (nSPS) is 11.6. The fraction of sp³-hybridized carbons (Fsp3) is 0.125. The van der Waals surface area contributed by atoms with E-state index in [-0.39, 0.29) is 19.8 Å². The monoisotopic (exact) mass is 458 g/mol. The molecule has 0 saturated heterocycles. The van der Waals surface area contributed by atoms with Crippen LogP contribution in [0.1, 0.15) is 0 Å². The molecule has 2 rings (SSSR count). The summed E-state index contributed by atoms with van der Waals surface area (Å²) in [5.41, 5.74) is 0. The van der Waals surface area contributed by atoms with Crippen molar-refractivity contribution in [3.8, 4) is 0 Å². The summed E-state index contributed by atoms with van der Waals surface area (Å²) >= 11 is 0. The fourth-order valence-corrected chi connectivity index (χ4v) is 4.32. The largest absolute Gasteiger partial charge is 0.464 e. The Kier molecular flexibility index (Phi) is 7.33. The molecule has 2 aromatic rings. The number of nitrogens with zero attached hydrogens (tertiary/aromatic N) is 2. The Labute approximate surface area is 172 Å². The second-order valence-corrected chi connectivity index (χ2v) is 9.01. The maximum absolute atomic E-state index is 12.3. The third-order valence-electron chi connectivity index (χ3n) is 3.58. The zero-order chi connectivity index (χ0) is 22.4. The van der Waals surface area contributed by atoms with E-state index in [2.05, 4.69) is 0 Å². The lowest BCUT2D eigenvalue weighted by molar-refractivity contribution is 0.110. The first-order valence-electron chi connectivity index (χ1n) is 8.19. The molecule has 0 aliphatic carbocycles. The van der Waals surface area contributed by atoms with Crippen LogP contribution in [0.2, 0.25) is 0 Å². The van der Waals surface area contributed by atoms with Crippen molar-refractivity contribution >= 4 is 32.2 Å². The highest BCUT2D eigenvalue weighted by Gasteiger charge is 2.26. The van der Waals surface area contributed by atoms with Crippen molar-refractivity contribution in [3.05, 3.63) is 60.7 Å². The Hall–Kier alpha value is -3.20. The molecule has 0 heterocycles. The van der Waals surface area contributed by atoms with Gasteiger partial charge in [0.1, 0.15) is 0 Å². The summed E-state index contributed by atoms with van der Waals surface area (Å²) in [6, 6.07) is 13.8. The summed E-state index contributed by atoms with van der Waals surface area (Å²) in [4.78, 5) is 26.0. The first-order chi connectivity index (χ1) is 14.0. The molecule has 12 nitrogen and oxygen atoms in total. The summed E-state index contributed by atoms with van der Waals surface area (Å²) in [6.45, 7) is -1.41. The quantitative estimate of drug-likeness (QED) is 0.398. The molecule has 162 valence electrons. The maximum Gasteiger partial charge on any atom is 0.422 e. The zero-order valence-electron chi connectivity index (χ0n) is 15.2. The van der Waals surface area contributed by atoms with Crippen LogP contribution in [0.4, 0.5) is 9.59 Å². The number of carbonyl (C=O) groups is 2. The standard InChI is InChI=1S/C16H18N4O8S2/c21-15(22)19(17-29(25,26)13-7-3-1-4-8-13)11-12-20(16(23)24)18-30(27,28)14-9-5-2-6-10-14/h1-10,17-18H,11-12H2,(H,21,22)(H,23,24). The van der Waals surface area contributed by atoms with Gasteiger partial charge in [-0.15, -0.1) is 9.66 Å². The first-order valence-corrected chi connectivity index (χ1v) is 11.2. The van der Waals surface area contributed by atoms with Gasteiger partial charge in [0.2, 0.25) is 0 Å². The minimum atomic E-state index is -4.26. The van der Waals surface area contributed by atoms with Crippen molar-refractivity contribution in [2.45, 2.75) is 9.79 Å². The second-order valence-electron chi connectivity index (χ2n) is 5.68. The van der Waals surface area contributed by atoms with Crippen molar-refractivity contribution in [2.24, 2.45) is 0 Å². The van der Waals surface area contributed by atoms with Crippen molar-refractivity contribution in [3.63, 3.8) is 0 Å². The van der Waals surface area contributed by atoms with Gasteiger partial charge in [0.05, 0.1) is 22.9 Å². The predicted molar refractivity (Wildman–Crippen MR) is 103 cm³/mol. The van der Waals surface area contributed by atoms with Crippen LogP contribution >= 0.6 is 0 Å². The molecule has 30 heavy (non-hydrogen) atoms. The Balaban J connectivity index is 2.13. The third-order valence-corrected chi connectivity index (χ3v) is 6.28. The van der Waals surface area contributed by atoms with Gasteiger partial charge in [-0.1, -0.05) is 36.4 Å². The number of benzene rings is 2. The number of hydrazine groups is 2. The fourth-order valence-electron chi connectivity index (χ4n) is 2.16. The van der Waals surface area contributed by atoms with E-state index < -0.39 is 45.3 Å². The molecule has 0 spiro atoms. The molecule has 0 bridgehead atoms. The lowest BCUT2D eigenvalue weighted by atomic mass is 10.4. The van der Waals surface area contributed by atoms with Crippen LogP contribution in [0.5, 0.6) is 0 Å². The van der Waals surface area contributed by atoms with Gasteiger partial charge in [-0.05, 0) is 24.3 Å². The Morgan fingerprint density at radius 1 is 0.667 bits per heavy atom. The van der Waals surface area contributed by atoms with Gasteiger partial charge in [-0.3, -0.25) is 0 Å². The minimum absolute atomic E-state index is 0.212. The highest BCUT2D eigenvalue weighted by Crippen LogP contribution is 2.09. The van der Waals surface area contributed by atoms with E-state index in [0.29, 0.717) is 0 Å². The summed E-state index contributed by atoms with van der Waals surface area (Å²) in [6.07, 6.45) is -3.43. The molecule has 0 aliphatic rings. The topological polar surface area (TPSA) is 173 Å². The molecule has 2 amide bonds. The van der Waals surface area contributed by atoms with E-state index in [0.717, 1.165) is 0 Å². The summed E-state index contributed by atoms with van der Waals surface area (Å²) in [7, 11) is -8.52. The molecule has 0 aromatic heterocycles. The summed E-state index contributed by atoms with van der Waals surface area (Å²) in [5, 5.41) is 18.9. The van der Waals surface area contributed by atoms with Gasteiger partial charge < -0.3 is 10.2 Å². The van der Waals surface area contributed by atoms with Crippen molar-refractivity contribution < 1.29 is 36.6 Å². The van der Waals surface area contributed by atoms with E-state index in [1.54, 1.807) is 12.1 Å². The van der Waals surface area contributed by atoms with Crippen LogP contribution in [0.3, 0.4) is 0 Å². The van der Waals surface area contributed by atoms with E-state index in [4.69, 9.17) is 0 Å². The Morgan fingerprint density at radius 3 is 1.23 bits per heavy atom. The molecule has 2 aromatic carbocycles. The van der Waals surface area contributed by atoms with Gasteiger partial charge in [0, 0.05) is 0 Å². The number of hydrogen-bond donors (Lipinski definition) is 4. The maximum atomic E-state index is 12.3. The minimum Gasteiger partial charge on any atom is -0.464 e. The number of sulfonamides is 2. The SMILES string of the molecule is O=C(O)N(CCN(NS(=O)(=O)c1ccccc1)C(=O)O)NS(=O)(=O)c1ccccc1. The van der Waals surface area contributed by atoms with Crippen LogP contribution in [0.25, 0.3) is 0 Å². The smallest absolute Gasteiger partial charge is 0.422 e. The van der Waals surface area contributed by atoms with Gasteiger partial charge in [0.15, 0.2) is 0 Å². The van der Waals surface area contributed by atoms with Gasteiger partial charge in [0.25, 0.3) is 20.0 Å². The van der Waals surface area contributed by atoms with Gasteiger partial charge >= 0.3 is 12.2 Å². The third kappa shape index (κ3) is 6.15. The van der Waals surface area contributed by atoms with Crippen molar-refractivity contribution in [1.29, 1.82) is 0 Å². The highest BCUT2D eigenvalue weighted by atomic mass is 32.2. The van der Waals surface area contributed by atoms with Crippen molar-refractivity contribution in [1.82, 2.24) is 19.7 Å². The Morgan fingerprint density at radius 2 is 0.967 bits per heavy atom. The molecule has 0 saturated carbocycles. The molecule has 4 N–H and O–H groups in total. The lowest BCUT2D eigenvalue weighted by Gasteiger charge is -2.24. The predicted octanol–water partition coefficient (Wildman–Crippen LogP) is 0.733. The molecule has 0 radical (unpaired) electrons. The zero-order valence-corrected chi connectivity index (χ0v) is 16.9. The summed E-state index contributed by atoms with van der Waals surface area (Å²) < 4.78 is 49.1. The van der Waals surface area contributed by atoms with Crippen LogP contribution in [0.15, 0.2) is 70.5 Å². The number of nitrogens with one attached hydrogen (secondary N) is 2.